The highest BCUT2D eigenvalue weighted by atomic mass is 32.1. The molecule has 19 heavy (non-hydrogen) atoms. The minimum absolute atomic E-state index is 0.142. The topological polar surface area (TPSA) is 37.4 Å². The van der Waals surface area contributed by atoms with E-state index in [1.165, 1.54) is 4.88 Å². The van der Waals surface area contributed by atoms with E-state index in [0.29, 0.717) is 6.04 Å². The number of hydrogen-bond acceptors (Lipinski definition) is 5. The van der Waals surface area contributed by atoms with E-state index >= 15 is 0 Å². The minimum atomic E-state index is 0.142. The third kappa shape index (κ3) is 3.91. The van der Waals surface area contributed by atoms with Gasteiger partial charge in [-0.25, -0.2) is 4.98 Å². The van der Waals surface area contributed by atoms with Gasteiger partial charge in [0, 0.05) is 23.5 Å². The molecule has 0 bridgehead atoms. The van der Waals surface area contributed by atoms with E-state index in [0.717, 1.165) is 37.1 Å². The van der Waals surface area contributed by atoms with Crippen molar-refractivity contribution in [2.75, 3.05) is 24.7 Å². The SMILES string of the molecule is Cc1nc(N2CCOCC2C)sc1CNC(C)(C)C. The molecule has 0 spiro atoms. The smallest absolute Gasteiger partial charge is 0.186 e. The number of morpholine rings is 1. The van der Waals surface area contributed by atoms with E-state index in [9.17, 15) is 0 Å². The number of nitrogens with zero attached hydrogens (tertiary/aromatic N) is 2. The lowest BCUT2D eigenvalue weighted by Gasteiger charge is -2.32. The van der Waals surface area contributed by atoms with Gasteiger partial charge in [0.15, 0.2) is 5.13 Å². The van der Waals surface area contributed by atoms with Gasteiger partial charge in [0.05, 0.1) is 24.9 Å². The quantitative estimate of drug-likeness (QED) is 0.925. The number of anilines is 1. The van der Waals surface area contributed by atoms with Crippen LogP contribution in [0, 0.1) is 6.92 Å². The number of aromatic nitrogens is 1. The highest BCUT2D eigenvalue weighted by Gasteiger charge is 2.23. The van der Waals surface area contributed by atoms with E-state index in [4.69, 9.17) is 9.72 Å². The first-order valence-corrected chi connectivity index (χ1v) is 7.74. The zero-order chi connectivity index (χ0) is 14.0. The molecule has 1 saturated heterocycles. The largest absolute Gasteiger partial charge is 0.377 e. The molecule has 1 aliphatic rings. The van der Waals surface area contributed by atoms with Crippen LogP contribution in [-0.4, -0.2) is 36.3 Å². The summed E-state index contributed by atoms with van der Waals surface area (Å²) in [5, 5.41) is 4.67. The molecule has 0 amide bonds. The van der Waals surface area contributed by atoms with Crippen molar-refractivity contribution in [1.82, 2.24) is 10.3 Å². The second kappa shape index (κ2) is 5.77. The molecule has 0 aromatic carbocycles. The predicted molar refractivity (Wildman–Crippen MR) is 81.1 cm³/mol. The van der Waals surface area contributed by atoms with Crippen LogP contribution in [0.2, 0.25) is 0 Å². The van der Waals surface area contributed by atoms with Crippen molar-refractivity contribution in [2.24, 2.45) is 0 Å². The molecule has 0 radical (unpaired) electrons. The Labute approximate surface area is 120 Å². The maximum atomic E-state index is 5.49. The average Bonchev–Trinajstić information content (AvgIpc) is 2.68. The van der Waals surface area contributed by atoms with Crippen LogP contribution in [-0.2, 0) is 11.3 Å². The van der Waals surface area contributed by atoms with Gasteiger partial charge in [-0.1, -0.05) is 0 Å². The minimum Gasteiger partial charge on any atom is -0.377 e. The van der Waals surface area contributed by atoms with Gasteiger partial charge in [0.2, 0.25) is 0 Å². The van der Waals surface area contributed by atoms with Gasteiger partial charge in [0.25, 0.3) is 0 Å². The summed E-state index contributed by atoms with van der Waals surface area (Å²) in [5.74, 6) is 0. The molecule has 2 heterocycles. The first-order valence-electron chi connectivity index (χ1n) is 6.92. The van der Waals surface area contributed by atoms with Crippen molar-refractivity contribution < 1.29 is 4.74 Å². The average molecular weight is 283 g/mol. The lowest BCUT2D eigenvalue weighted by molar-refractivity contribution is 0.0989. The standard InChI is InChI=1S/C14H25N3OS/c1-10-9-18-7-6-17(10)13-16-11(2)12(19-13)8-15-14(3,4)5/h10,15H,6-9H2,1-5H3. The predicted octanol–water partition coefficient (Wildman–Crippen LogP) is 2.56. The second-order valence-electron chi connectivity index (χ2n) is 6.23. The molecule has 0 saturated carbocycles. The Morgan fingerprint density at radius 2 is 2.21 bits per heavy atom. The van der Waals surface area contributed by atoms with Gasteiger partial charge >= 0.3 is 0 Å². The maximum absolute atomic E-state index is 5.49. The summed E-state index contributed by atoms with van der Waals surface area (Å²) in [5.41, 5.74) is 1.29. The number of ether oxygens (including phenoxy) is 1. The number of hydrogen-bond donors (Lipinski definition) is 1. The van der Waals surface area contributed by atoms with E-state index in [-0.39, 0.29) is 5.54 Å². The van der Waals surface area contributed by atoms with Crippen LogP contribution >= 0.6 is 11.3 Å². The van der Waals surface area contributed by atoms with Crippen molar-refractivity contribution in [2.45, 2.75) is 52.7 Å². The zero-order valence-corrected chi connectivity index (χ0v) is 13.4. The first-order chi connectivity index (χ1) is 8.87. The molecule has 1 aromatic rings. The fraction of sp³-hybridized carbons (Fsp3) is 0.786. The van der Waals surface area contributed by atoms with Crippen LogP contribution in [0.25, 0.3) is 0 Å². The molecule has 1 unspecified atom stereocenters. The summed E-state index contributed by atoms with van der Waals surface area (Å²) in [6.45, 7) is 14.3. The van der Waals surface area contributed by atoms with Crippen molar-refractivity contribution >= 4 is 16.5 Å². The summed E-state index contributed by atoms with van der Waals surface area (Å²) in [7, 11) is 0. The van der Waals surface area contributed by atoms with Gasteiger partial charge in [-0.15, -0.1) is 11.3 Å². The first kappa shape index (κ1) is 14.8. The molecular formula is C14H25N3OS. The maximum Gasteiger partial charge on any atom is 0.186 e. The molecule has 2 rings (SSSR count). The molecule has 4 nitrogen and oxygen atoms in total. The lowest BCUT2D eigenvalue weighted by Crippen LogP contribution is -2.43. The Morgan fingerprint density at radius 3 is 2.84 bits per heavy atom. The molecule has 1 N–H and O–H groups in total. The third-order valence-electron chi connectivity index (χ3n) is 3.27. The number of rotatable bonds is 3. The summed E-state index contributed by atoms with van der Waals surface area (Å²) in [6, 6.07) is 0.419. The van der Waals surface area contributed by atoms with Gasteiger partial charge in [-0.05, 0) is 34.6 Å². The Morgan fingerprint density at radius 1 is 1.47 bits per heavy atom. The Kier molecular flexibility index (Phi) is 4.48. The van der Waals surface area contributed by atoms with Gasteiger partial charge in [0.1, 0.15) is 0 Å². The van der Waals surface area contributed by atoms with Crippen LogP contribution in [0.4, 0.5) is 5.13 Å². The van der Waals surface area contributed by atoms with Crippen molar-refractivity contribution in [3.63, 3.8) is 0 Å². The fourth-order valence-electron chi connectivity index (χ4n) is 2.06. The van der Waals surface area contributed by atoms with E-state index < -0.39 is 0 Å². The van der Waals surface area contributed by atoms with Crippen LogP contribution in [0.15, 0.2) is 0 Å². The normalized spacial score (nSPS) is 20.9. The van der Waals surface area contributed by atoms with Gasteiger partial charge in [-0.2, -0.15) is 0 Å². The van der Waals surface area contributed by atoms with Crippen LogP contribution in [0.1, 0.15) is 38.3 Å². The Bertz CT molecular complexity index is 425. The summed E-state index contributed by atoms with van der Waals surface area (Å²) in [6.07, 6.45) is 0. The van der Waals surface area contributed by atoms with E-state index in [1.807, 2.05) is 11.3 Å². The highest BCUT2D eigenvalue weighted by Crippen LogP contribution is 2.28. The van der Waals surface area contributed by atoms with Gasteiger partial charge < -0.3 is 15.0 Å². The van der Waals surface area contributed by atoms with Crippen molar-refractivity contribution in [1.29, 1.82) is 0 Å². The number of aryl methyl sites for hydroxylation is 1. The van der Waals surface area contributed by atoms with Gasteiger partial charge in [-0.3, -0.25) is 0 Å². The molecular weight excluding hydrogens is 258 g/mol. The Balaban J connectivity index is 2.07. The zero-order valence-electron chi connectivity index (χ0n) is 12.6. The monoisotopic (exact) mass is 283 g/mol. The van der Waals surface area contributed by atoms with E-state index in [1.54, 1.807) is 0 Å². The number of thiazole rings is 1. The fourth-order valence-corrected chi connectivity index (χ4v) is 3.19. The van der Waals surface area contributed by atoms with Crippen LogP contribution in [0.3, 0.4) is 0 Å². The van der Waals surface area contributed by atoms with Crippen molar-refractivity contribution in [3.8, 4) is 0 Å². The summed E-state index contributed by atoms with van der Waals surface area (Å²) < 4.78 is 5.49. The molecule has 108 valence electrons. The lowest BCUT2D eigenvalue weighted by atomic mass is 10.1. The highest BCUT2D eigenvalue weighted by molar-refractivity contribution is 7.15. The third-order valence-corrected chi connectivity index (χ3v) is 4.47. The molecule has 1 fully saturated rings. The van der Waals surface area contributed by atoms with E-state index in [2.05, 4.69) is 44.8 Å². The second-order valence-corrected chi connectivity index (χ2v) is 7.29. The molecule has 0 aliphatic carbocycles. The molecule has 1 aliphatic heterocycles. The van der Waals surface area contributed by atoms with Crippen LogP contribution < -0.4 is 10.2 Å². The van der Waals surface area contributed by atoms with Crippen molar-refractivity contribution in [3.05, 3.63) is 10.6 Å². The summed E-state index contributed by atoms with van der Waals surface area (Å²) in [4.78, 5) is 8.43. The van der Waals surface area contributed by atoms with Crippen LogP contribution in [0.5, 0.6) is 0 Å². The molecule has 1 atom stereocenters. The summed E-state index contributed by atoms with van der Waals surface area (Å²) >= 11 is 1.81. The number of nitrogens with one attached hydrogen (secondary N) is 1. The molecule has 1 aromatic heterocycles. The molecule has 5 heteroatoms. The Hall–Kier alpha value is -0.650.